The monoisotopic (exact) mass is 302 g/mol. The van der Waals surface area contributed by atoms with Crippen molar-refractivity contribution >= 4 is 28.8 Å². The van der Waals surface area contributed by atoms with Crippen molar-refractivity contribution in [3.05, 3.63) is 65.6 Å². The van der Waals surface area contributed by atoms with E-state index in [9.17, 15) is 4.79 Å². The van der Waals surface area contributed by atoms with Crippen molar-refractivity contribution in [2.75, 3.05) is 11.9 Å². The number of anilines is 1. The Morgan fingerprint density at radius 2 is 2.10 bits per heavy atom. The maximum atomic E-state index is 12.1. The Hall–Kier alpha value is -2.33. The Labute approximate surface area is 128 Å². The van der Waals surface area contributed by atoms with Gasteiger partial charge in [-0.1, -0.05) is 41.9 Å². The summed E-state index contributed by atoms with van der Waals surface area (Å²) < 4.78 is 5.08. The number of nitrogens with zero attached hydrogens (tertiary/aromatic N) is 1. The average molecular weight is 303 g/mol. The van der Waals surface area contributed by atoms with Crippen molar-refractivity contribution < 1.29 is 9.53 Å². The number of carbonyl (C=O) groups is 1. The molecule has 1 aromatic heterocycles. The Balaban J connectivity index is 2.27. The molecule has 108 valence electrons. The summed E-state index contributed by atoms with van der Waals surface area (Å²) in [6, 6.07) is 12.8. The minimum Gasteiger partial charge on any atom is -0.462 e. The highest BCUT2D eigenvalue weighted by Gasteiger charge is 2.12. The molecule has 5 heteroatoms. The van der Waals surface area contributed by atoms with Gasteiger partial charge in [-0.05, 0) is 24.6 Å². The second kappa shape index (κ2) is 7.45. The summed E-state index contributed by atoms with van der Waals surface area (Å²) in [5.74, 6) is -0.378. The van der Waals surface area contributed by atoms with E-state index in [1.165, 1.54) is 0 Å². The number of pyridine rings is 1. The summed E-state index contributed by atoms with van der Waals surface area (Å²) in [5.41, 5.74) is 1.97. The van der Waals surface area contributed by atoms with E-state index in [0.717, 1.165) is 11.3 Å². The van der Waals surface area contributed by atoms with Gasteiger partial charge in [0.1, 0.15) is 5.15 Å². The molecule has 0 aliphatic heterocycles. The third-order valence-electron chi connectivity index (χ3n) is 2.69. The molecule has 0 saturated heterocycles. The molecule has 0 bridgehead atoms. The first-order chi connectivity index (χ1) is 10.2. The molecular formula is C16H15ClN2O2. The molecule has 1 N–H and O–H groups in total. The third-order valence-corrected chi connectivity index (χ3v) is 2.90. The number of rotatable bonds is 5. The molecule has 0 saturated carbocycles. The second-order valence-electron chi connectivity index (χ2n) is 4.16. The van der Waals surface area contributed by atoms with Gasteiger partial charge in [0.2, 0.25) is 0 Å². The van der Waals surface area contributed by atoms with Gasteiger partial charge in [-0.3, -0.25) is 0 Å². The highest BCUT2D eigenvalue weighted by Crippen LogP contribution is 2.18. The Kier molecular flexibility index (Phi) is 5.35. The number of halogens is 1. The van der Waals surface area contributed by atoms with Crippen LogP contribution in [0.4, 0.5) is 5.69 Å². The van der Waals surface area contributed by atoms with Crippen molar-refractivity contribution in [2.24, 2.45) is 0 Å². The normalized spacial score (nSPS) is 11.0. The average Bonchev–Trinajstić information content (AvgIpc) is 2.49. The van der Waals surface area contributed by atoms with E-state index in [-0.39, 0.29) is 5.97 Å². The van der Waals surface area contributed by atoms with Crippen LogP contribution in [0.1, 0.15) is 12.5 Å². The number of carbonyl (C=O) groups excluding carboxylic acids is 1. The zero-order valence-corrected chi connectivity index (χ0v) is 12.3. The summed E-state index contributed by atoms with van der Waals surface area (Å²) in [4.78, 5) is 16.0. The van der Waals surface area contributed by atoms with Crippen LogP contribution in [0.25, 0.3) is 5.57 Å². The predicted molar refractivity (Wildman–Crippen MR) is 83.9 cm³/mol. The Morgan fingerprint density at radius 3 is 2.76 bits per heavy atom. The molecule has 2 rings (SSSR count). The molecule has 0 spiro atoms. The van der Waals surface area contributed by atoms with Crippen molar-refractivity contribution in [3.8, 4) is 0 Å². The molecule has 0 radical (unpaired) electrons. The lowest BCUT2D eigenvalue weighted by atomic mass is 10.1. The number of nitrogens with one attached hydrogen (secondary N) is 1. The smallest absolute Gasteiger partial charge is 0.340 e. The van der Waals surface area contributed by atoms with E-state index in [1.807, 2.05) is 30.3 Å². The van der Waals surface area contributed by atoms with Gasteiger partial charge in [0.05, 0.1) is 12.2 Å². The van der Waals surface area contributed by atoms with E-state index >= 15 is 0 Å². The van der Waals surface area contributed by atoms with Crippen LogP contribution in [0.2, 0.25) is 5.15 Å². The van der Waals surface area contributed by atoms with Gasteiger partial charge in [-0.15, -0.1) is 0 Å². The van der Waals surface area contributed by atoms with Crippen LogP contribution >= 0.6 is 11.6 Å². The Bertz CT molecular complexity index is 642. The van der Waals surface area contributed by atoms with Crippen LogP contribution in [-0.2, 0) is 9.53 Å². The van der Waals surface area contributed by atoms with Gasteiger partial charge in [0.25, 0.3) is 0 Å². The van der Waals surface area contributed by atoms with Gasteiger partial charge in [-0.25, -0.2) is 9.78 Å². The minimum atomic E-state index is -0.378. The molecule has 0 unspecified atom stereocenters. The van der Waals surface area contributed by atoms with E-state index in [4.69, 9.17) is 16.3 Å². The van der Waals surface area contributed by atoms with Crippen molar-refractivity contribution in [1.29, 1.82) is 0 Å². The predicted octanol–water partition coefficient (Wildman–Crippen LogP) is 3.75. The molecule has 1 aromatic carbocycles. The first kappa shape index (κ1) is 15.1. The summed E-state index contributed by atoms with van der Waals surface area (Å²) in [6.07, 6.45) is 3.20. The van der Waals surface area contributed by atoms with Crippen LogP contribution in [0.15, 0.2) is 54.9 Å². The van der Waals surface area contributed by atoms with Gasteiger partial charge in [-0.2, -0.15) is 0 Å². The first-order valence-corrected chi connectivity index (χ1v) is 6.89. The van der Waals surface area contributed by atoms with Crippen molar-refractivity contribution in [1.82, 2.24) is 4.98 Å². The maximum absolute atomic E-state index is 12.1. The van der Waals surface area contributed by atoms with Gasteiger partial charge < -0.3 is 10.1 Å². The number of hydrogen-bond donors (Lipinski definition) is 1. The zero-order chi connectivity index (χ0) is 15.1. The van der Waals surface area contributed by atoms with E-state index in [1.54, 1.807) is 31.5 Å². The van der Waals surface area contributed by atoms with Crippen molar-refractivity contribution in [2.45, 2.75) is 6.92 Å². The topological polar surface area (TPSA) is 51.2 Å². The lowest BCUT2D eigenvalue weighted by Crippen LogP contribution is -2.08. The molecular weight excluding hydrogens is 288 g/mol. The molecule has 0 atom stereocenters. The number of ether oxygens (including phenoxy) is 1. The summed E-state index contributed by atoms with van der Waals surface area (Å²) in [6.45, 7) is 2.10. The lowest BCUT2D eigenvalue weighted by Gasteiger charge is -2.08. The molecule has 1 heterocycles. The molecule has 0 fully saturated rings. The van der Waals surface area contributed by atoms with Crippen LogP contribution < -0.4 is 5.32 Å². The second-order valence-corrected chi connectivity index (χ2v) is 4.54. The standard InChI is InChI=1S/C16H15ClN2O2/c1-2-21-16(20)14(12-6-4-3-5-7-12)11-19-13-8-9-18-15(17)10-13/h3-11H,2H2,1H3,(H,18,19)/b14-11-. The summed E-state index contributed by atoms with van der Waals surface area (Å²) >= 11 is 5.83. The number of esters is 1. The van der Waals surface area contributed by atoms with Gasteiger partial charge >= 0.3 is 5.97 Å². The number of aromatic nitrogens is 1. The SMILES string of the molecule is CCOC(=O)/C(=C\Nc1ccnc(Cl)c1)c1ccccc1. The largest absolute Gasteiger partial charge is 0.462 e. The molecule has 21 heavy (non-hydrogen) atoms. The van der Waals surface area contributed by atoms with E-state index in [0.29, 0.717) is 17.3 Å². The third kappa shape index (κ3) is 4.33. The maximum Gasteiger partial charge on any atom is 0.340 e. The van der Waals surface area contributed by atoms with Crippen LogP contribution in [0.5, 0.6) is 0 Å². The number of hydrogen-bond acceptors (Lipinski definition) is 4. The molecule has 0 aliphatic rings. The van der Waals surface area contributed by atoms with Crippen LogP contribution in [0, 0.1) is 0 Å². The fourth-order valence-corrected chi connectivity index (χ4v) is 1.91. The quantitative estimate of drug-likeness (QED) is 0.519. The molecule has 2 aromatic rings. The summed E-state index contributed by atoms with van der Waals surface area (Å²) in [7, 11) is 0. The number of benzene rings is 1. The zero-order valence-electron chi connectivity index (χ0n) is 11.5. The molecule has 0 amide bonds. The first-order valence-electron chi connectivity index (χ1n) is 6.51. The lowest BCUT2D eigenvalue weighted by molar-refractivity contribution is -0.136. The highest BCUT2D eigenvalue weighted by atomic mass is 35.5. The van der Waals surface area contributed by atoms with E-state index < -0.39 is 0 Å². The fraction of sp³-hybridized carbons (Fsp3) is 0.125. The van der Waals surface area contributed by atoms with Gasteiger partial charge in [0, 0.05) is 18.1 Å². The fourth-order valence-electron chi connectivity index (χ4n) is 1.73. The van der Waals surface area contributed by atoms with Gasteiger partial charge in [0.15, 0.2) is 0 Å². The summed E-state index contributed by atoms with van der Waals surface area (Å²) in [5, 5.41) is 3.42. The molecule has 4 nitrogen and oxygen atoms in total. The van der Waals surface area contributed by atoms with Crippen molar-refractivity contribution in [3.63, 3.8) is 0 Å². The highest BCUT2D eigenvalue weighted by molar-refractivity contribution is 6.29. The van der Waals surface area contributed by atoms with E-state index in [2.05, 4.69) is 10.3 Å². The molecule has 0 aliphatic carbocycles. The Morgan fingerprint density at radius 1 is 1.33 bits per heavy atom. The van der Waals surface area contributed by atoms with Crippen LogP contribution in [-0.4, -0.2) is 17.6 Å². The van der Waals surface area contributed by atoms with Crippen LogP contribution in [0.3, 0.4) is 0 Å². The minimum absolute atomic E-state index is 0.324.